The molecule has 0 aliphatic rings. The first-order valence-corrected chi connectivity index (χ1v) is 6.96. The van der Waals surface area contributed by atoms with Gasteiger partial charge in [0.25, 0.3) is 0 Å². The molecule has 0 saturated heterocycles. The third-order valence-corrected chi connectivity index (χ3v) is 3.35. The number of benzene rings is 2. The topological polar surface area (TPSA) is 47.0 Å². The molecule has 2 aromatic carbocycles. The Kier molecular flexibility index (Phi) is 3.69. The number of aromatic nitrogens is 2. The Balaban J connectivity index is 2.25. The molecule has 3 rings (SSSR count). The Morgan fingerprint density at radius 2 is 1.95 bits per heavy atom. The van der Waals surface area contributed by atoms with Crippen LogP contribution < -0.4 is 10.1 Å². The maximum atomic E-state index is 5.51. The van der Waals surface area contributed by atoms with E-state index in [9.17, 15) is 0 Å². The van der Waals surface area contributed by atoms with E-state index in [0.717, 1.165) is 34.4 Å². The number of hydrogen-bond acceptors (Lipinski definition) is 4. The second-order valence-corrected chi connectivity index (χ2v) is 4.66. The summed E-state index contributed by atoms with van der Waals surface area (Å²) in [5.41, 5.74) is 0.926. The molecule has 0 unspecified atom stereocenters. The first-order chi connectivity index (χ1) is 10.3. The van der Waals surface area contributed by atoms with E-state index in [1.54, 1.807) is 13.3 Å². The van der Waals surface area contributed by atoms with Gasteiger partial charge in [-0.15, -0.1) is 0 Å². The van der Waals surface area contributed by atoms with Gasteiger partial charge in [0.1, 0.15) is 11.6 Å². The van der Waals surface area contributed by atoms with E-state index in [4.69, 9.17) is 4.74 Å². The average molecular weight is 279 g/mol. The van der Waals surface area contributed by atoms with Crippen molar-refractivity contribution in [2.45, 2.75) is 6.92 Å². The summed E-state index contributed by atoms with van der Waals surface area (Å²) in [5.74, 6) is 2.27. The van der Waals surface area contributed by atoms with Gasteiger partial charge >= 0.3 is 0 Å². The molecule has 0 aliphatic carbocycles. The van der Waals surface area contributed by atoms with Crippen LogP contribution in [0.1, 0.15) is 6.92 Å². The van der Waals surface area contributed by atoms with Crippen molar-refractivity contribution in [1.29, 1.82) is 0 Å². The third-order valence-electron chi connectivity index (χ3n) is 3.35. The predicted molar refractivity (Wildman–Crippen MR) is 85.7 cm³/mol. The van der Waals surface area contributed by atoms with Gasteiger partial charge in [-0.1, -0.05) is 30.3 Å². The van der Waals surface area contributed by atoms with Crippen LogP contribution in [0, 0.1) is 0 Å². The number of ether oxygens (including phenoxy) is 1. The van der Waals surface area contributed by atoms with Gasteiger partial charge < -0.3 is 10.1 Å². The summed E-state index contributed by atoms with van der Waals surface area (Å²) < 4.78 is 5.51. The molecule has 106 valence electrons. The minimum absolute atomic E-state index is 0.669. The fraction of sp³-hybridized carbons (Fsp3) is 0.176. The van der Waals surface area contributed by atoms with Crippen molar-refractivity contribution >= 4 is 16.6 Å². The first-order valence-electron chi connectivity index (χ1n) is 6.96. The number of fused-ring (bicyclic) bond motifs is 1. The van der Waals surface area contributed by atoms with Gasteiger partial charge in [0.05, 0.1) is 12.7 Å². The molecule has 0 aliphatic heterocycles. The highest BCUT2D eigenvalue weighted by molar-refractivity contribution is 5.98. The zero-order valence-electron chi connectivity index (χ0n) is 12.1. The summed E-state index contributed by atoms with van der Waals surface area (Å²) in [4.78, 5) is 9.01. The van der Waals surface area contributed by atoms with E-state index in [-0.39, 0.29) is 0 Å². The van der Waals surface area contributed by atoms with Gasteiger partial charge in [0.2, 0.25) is 0 Å². The van der Waals surface area contributed by atoms with Gasteiger partial charge in [-0.05, 0) is 29.8 Å². The second-order valence-electron chi connectivity index (χ2n) is 4.66. The number of nitrogens with one attached hydrogen (secondary N) is 1. The zero-order chi connectivity index (χ0) is 14.7. The molecule has 0 saturated carbocycles. The molecule has 0 bridgehead atoms. The number of anilines is 1. The molecule has 0 fully saturated rings. The van der Waals surface area contributed by atoms with Crippen molar-refractivity contribution < 1.29 is 4.74 Å². The molecular formula is C17H17N3O. The van der Waals surface area contributed by atoms with Crippen molar-refractivity contribution in [2.24, 2.45) is 0 Å². The Morgan fingerprint density at radius 1 is 1.10 bits per heavy atom. The third kappa shape index (κ3) is 2.52. The molecule has 0 atom stereocenters. The summed E-state index contributed by atoms with van der Waals surface area (Å²) >= 11 is 0. The molecule has 0 amide bonds. The monoisotopic (exact) mass is 279 g/mol. The quantitative estimate of drug-likeness (QED) is 0.790. The van der Waals surface area contributed by atoms with E-state index in [1.165, 1.54) is 0 Å². The standard InChI is InChI=1S/C17H17N3O/c1-3-18-15-10-11-19-17(20-15)16-13-7-5-4-6-12(13)8-9-14(16)21-2/h4-11H,3H2,1-2H3,(H,18,19,20). The van der Waals surface area contributed by atoms with Crippen LogP contribution in [0.15, 0.2) is 48.7 Å². The summed E-state index contributed by atoms with van der Waals surface area (Å²) in [6.45, 7) is 2.86. The van der Waals surface area contributed by atoms with Crippen LogP contribution in [0.25, 0.3) is 22.2 Å². The van der Waals surface area contributed by atoms with E-state index in [2.05, 4.69) is 27.4 Å². The normalized spacial score (nSPS) is 10.6. The van der Waals surface area contributed by atoms with Gasteiger partial charge in [0, 0.05) is 12.7 Å². The van der Waals surface area contributed by atoms with Crippen molar-refractivity contribution in [2.75, 3.05) is 19.0 Å². The number of nitrogens with zero attached hydrogens (tertiary/aromatic N) is 2. The summed E-state index contributed by atoms with van der Waals surface area (Å²) in [5, 5.41) is 5.44. The molecule has 4 nitrogen and oxygen atoms in total. The Labute approximate surface area is 123 Å². The maximum Gasteiger partial charge on any atom is 0.165 e. The fourth-order valence-electron chi connectivity index (χ4n) is 2.41. The Hall–Kier alpha value is -2.62. The minimum Gasteiger partial charge on any atom is -0.496 e. The molecule has 0 spiro atoms. The van der Waals surface area contributed by atoms with E-state index < -0.39 is 0 Å². The van der Waals surface area contributed by atoms with Crippen molar-refractivity contribution in [3.05, 3.63) is 48.7 Å². The molecular weight excluding hydrogens is 262 g/mol. The van der Waals surface area contributed by atoms with Crippen molar-refractivity contribution in [3.63, 3.8) is 0 Å². The lowest BCUT2D eigenvalue weighted by molar-refractivity contribution is 0.416. The van der Waals surface area contributed by atoms with Crippen molar-refractivity contribution in [3.8, 4) is 17.1 Å². The largest absolute Gasteiger partial charge is 0.496 e. The van der Waals surface area contributed by atoms with Crippen LogP contribution in [0.2, 0.25) is 0 Å². The smallest absolute Gasteiger partial charge is 0.165 e. The lowest BCUT2D eigenvalue weighted by Gasteiger charge is -2.12. The number of methoxy groups -OCH3 is 1. The summed E-state index contributed by atoms with van der Waals surface area (Å²) in [6, 6.07) is 14.0. The first kappa shape index (κ1) is 13.4. The lowest BCUT2D eigenvalue weighted by Crippen LogP contribution is -2.01. The minimum atomic E-state index is 0.669. The van der Waals surface area contributed by atoms with Crippen LogP contribution >= 0.6 is 0 Å². The van der Waals surface area contributed by atoms with Gasteiger partial charge in [-0.25, -0.2) is 9.97 Å². The maximum absolute atomic E-state index is 5.51. The molecule has 1 aromatic heterocycles. The molecule has 1 N–H and O–H groups in total. The van der Waals surface area contributed by atoms with E-state index in [0.29, 0.717) is 5.82 Å². The van der Waals surface area contributed by atoms with Crippen molar-refractivity contribution in [1.82, 2.24) is 9.97 Å². The van der Waals surface area contributed by atoms with Gasteiger partial charge in [-0.2, -0.15) is 0 Å². The molecule has 3 aromatic rings. The van der Waals surface area contributed by atoms with Crippen LogP contribution in [0.4, 0.5) is 5.82 Å². The van der Waals surface area contributed by atoms with Crippen LogP contribution in [-0.2, 0) is 0 Å². The highest BCUT2D eigenvalue weighted by atomic mass is 16.5. The fourth-order valence-corrected chi connectivity index (χ4v) is 2.41. The van der Waals surface area contributed by atoms with E-state index in [1.807, 2.05) is 37.3 Å². The summed E-state index contributed by atoms with van der Waals surface area (Å²) in [6.07, 6.45) is 1.77. The molecule has 4 heteroatoms. The summed E-state index contributed by atoms with van der Waals surface area (Å²) in [7, 11) is 1.67. The van der Waals surface area contributed by atoms with E-state index >= 15 is 0 Å². The molecule has 0 radical (unpaired) electrons. The Bertz CT molecular complexity index is 771. The highest BCUT2D eigenvalue weighted by Gasteiger charge is 2.13. The number of hydrogen-bond donors (Lipinski definition) is 1. The predicted octanol–water partition coefficient (Wildman–Crippen LogP) is 3.74. The highest BCUT2D eigenvalue weighted by Crippen LogP contribution is 2.35. The van der Waals surface area contributed by atoms with Gasteiger partial charge in [0.15, 0.2) is 5.82 Å². The Morgan fingerprint density at radius 3 is 2.76 bits per heavy atom. The van der Waals surface area contributed by atoms with Crippen LogP contribution in [0.5, 0.6) is 5.75 Å². The van der Waals surface area contributed by atoms with Crippen LogP contribution in [-0.4, -0.2) is 23.6 Å². The average Bonchev–Trinajstić information content (AvgIpc) is 2.54. The lowest BCUT2D eigenvalue weighted by atomic mass is 10.0. The number of rotatable bonds is 4. The molecule has 21 heavy (non-hydrogen) atoms. The zero-order valence-corrected chi connectivity index (χ0v) is 12.1. The van der Waals surface area contributed by atoms with Gasteiger partial charge in [-0.3, -0.25) is 0 Å². The second kappa shape index (κ2) is 5.79. The molecule has 1 heterocycles. The van der Waals surface area contributed by atoms with Crippen LogP contribution in [0.3, 0.4) is 0 Å². The SMILES string of the molecule is CCNc1ccnc(-c2c(OC)ccc3ccccc23)n1.